The van der Waals surface area contributed by atoms with Crippen LogP contribution in [0.3, 0.4) is 0 Å². The summed E-state index contributed by atoms with van der Waals surface area (Å²) in [5, 5.41) is 2.88. The van der Waals surface area contributed by atoms with Crippen molar-refractivity contribution in [2.75, 3.05) is 67.2 Å². The Kier molecular flexibility index (Phi) is 6.02. The lowest BCUT2D eigenvalue weighted by atomic mass is 10.2. The summed E-state index contributed by atoms with van der Waals surface area (Å²) in [5.74, 6) is 0.957. The fourth-order valence-electron chi connectivity index (χ4n) is 4.89. The number of aromatic nitrogens is 2. The molecule has 0 saturated carbocycles. The molecule has 10 nitrogen and oxygen atoms in total. The number of hydrogen-bond acceptors (Lipinski definition) is 9. The molecule has 2 amide bonds. The number of thioether (sulfide) groups is 1. The van der Waals surface area contributed by atoms with Gasteiger partial charge in [-0.2, -0.15) is 0 Å². The molecule has 186 valence electrons. The average molecular weight is 507 g/mol. The van der Waals surface area contributed by atoms with E-state index in [2.05, 4.69) is 25.1 Å². The van der Waals surface area contributed by atoms with Crippen molar-refractivity contribution >= 4 is 51.9 Å². The van der Waals surface area contributed by atoms with E-state index in [0.29, 0.717) is 24.7 Å². The highest BCUT2D eigenvalue weighted by molar-refractivity contribution is 8.00. The zero-order valence-corrected chi connectivity index (χ0v) is 20.7. The van der Waals surface area contributed by atoms with E-state index < -0.39 is 0 Å². The number of amides is 2. The van der Waals surface area contributed by atoms with Gasteiger partial charge in [0, 0.05) is 55.6 Å². The lowest BCUT2D eigenvalue weighted by molar-refractivity contribution is -0.113. The van der Waals surface area contributed by atoms with Crippen LogP contribution in [0.1, 0.15) is 0 Å². The lowest BCUT2D eigenvalue weighted by Gasteiger charge is -2.36. The first-order valence-electron chi connectivity index (χ1n) is 11.9. The number of nitrogens with one attached hydrogen (secondary N) is 1. The van der Waals surface area contributed by atoms with Gasteiger partial charge in [-0.15, -0.1) is 11.8 Å². The molecule has 0 aliphatic carbocycles. The van der Waals surface area contributed by atoms with E-state index in [9.17, 15) is 9.59 Å². The van der Waals surface area contributed by atoms with Gasteiger partial charge in [-0.3, -0.25) is 19.6 Å². The van der Waals surface area contributed by atoms with Crippen molar-refractivity contribution in [1.82, 2.24) is 14.9 Å². The number of benzene rings is 1. The summed E-state index contributed by atoms with van der Waals surface area (Å²) in [6.07, 6.45) is 1.25. The van der Waals surface area contributed by atoms with E-state index in [1.165, 1.54) is 11.8 Å². The molecule has 2 saturated heterocycles. The number of rotatable bonds is 5. The minimum atomic E-state index is -0.350. The Morgan fingerprint density at radius 3 is 2.83 bits per heavy atom. The number of hydrogen-bond donors (Lipinski definition) is 1. The van der Waals surface area contributed by atoms with Crippen LogP contribution < -0.4 is 19.9 Å². The molecule has 2 aromatic heterocycles. The number of pyridine rings is 2. The Labute approximate surface area is 212 Å². The number of cyclic esters (lactones) is 1. The maximum absolute atomic E-state index is 12.6. The Morgan fingerprint density at radius 2 is 2.00 bits per heavy atom. The van der Waals surface area contributed by atoms with Crippen LogP contribution in [0.5, 0.6) is 5.88 Å². The van der Waals surface area contributed by atoms with Gasteiger partial charge in [0.25, 0.3) is 0 Å². The van der Waals surface area contributed by atoms with E-state index in [-0.39, 0.29) is 18.1 Å². The number of carbonyl (C=O) groups excluding carboxylic acids is 2. The summed E-state index contributed by atoms with van der Waals surface area (Å²) in [5.41, 5.74) is 4.22. The van der Waals surface area contributed by atoms with Gasteiger partial charge < -0.3 is 19.7 Å². The molecule has 0 bridgehead atoms. The Balaban J connectivity index is 1.08. The van der Waals surface area contributed by atoms with Crippen LogP contribution in [0.25, 0.3) is 11.0 Å². The molecule has 3 aliphatic rings. The summed E-state index contributed by atoms with van der Waals surface area (Å²) in [7, 11) is 1.61. The van der Waals surface area contributed by atoms with E-state index in [4.69, 9.17) is 9.47 Å². The van der Waals surface area contributed by atoms with Gasteiger partial charge in [-0.05, 0) is 30.3 Å². The predicted octanol–water partition coefficient (Wildman–Crippen LogP) is 2.83. The van der Waals surface area contributed by atoms with Crippen LogP contribution in [-0.2, 0) is 9.53 Å². The third kappa shape index (κ3) is 4.40. The van der Waals surface area contributed by atoms with Crippen LogP contribution in [0.2, 0.25) is 0 Å². The second kappa shape index (κ2) is 9.47. The fourth-order valence-corrected chi connectivity index (χ4v) is 5.68. The summed E-state index contributed by atoms with van der Waals surface area (Å²) in [4.78, 5) is 40.7. The Bertz CT molecular complexity index is 1330. The fraction of sp³-hybridized carbons (Fsp3) is 0.360. The summed E-state index contributed by atoms with van der Waals surface area (Å²) < 4.78 is 11.0. The molecule has 0 spiro atoms. The molecule has 0 unspecified atom stereocenters. The topological polar surface area (TPSA) is 100 Å². The van der Waals surface area contributed by atoms with Crippen molar-refractivity contribution in [3.8, 4) is 5.88 Å². The van der Waals surface area contributed by atoms with Gasteiger partial charge in [-0.1, -0.05) is 0 Å². The van der Waals surface area contributed by atoms with E-state index in [1.807, 2.05) is 42.6 Å². The molecule has 36 heavy (non-hydrogen) atoms. The second-order valence-corrected chi connectivity index (χ2v) is 9.99. The molecule has 3 aliphatic heterocycles. The molecule has 5 heterocycles. The van der Waals surface area contributed by atoms with E-state index >= 15 is 0 Å². The average Bonchev–Trinajstić information content (AvgIpc) is 3.27. The van der Waals surface area contributed by atoms with E-state index in [0.717, 1.165) is 59.2 Å². The molecule has 1 atom stereocenters. The number of ether oxygens (including phenoxy) is 2. The maximum atomic E-state index is 12.6. The van der Waals surface area contributed by atoms with Crippen molar-refractivity contribution in [2.24, 2.45) is 0 Å². The van der Waals surface area contributed by atoms with Crippen molar-refractivity contribution in [3.63, 3.8) is 0 Å². The number of methoxy groups -OCH3 is 1. The first-order chi connectivity index (χ1) is 17.6. The summed E-state index contributed by atoms with van der Waals surface area (Å²) in [6.45, 7) is 4.54. The highest BCUT2D eigenvalue weighted by atomic mass is 32.2. The standard InChI is InChI=1S/C25H26N6O4S/c1-34-23-5-3-18-24(28-23)20(6-7-26-18)30-10-8-29(9-11-30)13-17-14-31(25(33)35-17)16-2-4-21-19(12-16)27-22(32)15-36-21/h2-7,12,17H,8-11,13-15H2,1H3,(H,27,32)/t17-/m1/s1. The van der Waals surface area contributed by atoms with Crippen LogP contribution in [0.4, 0.5) is 21.9 Å². The van der Waals surface area contributed by atoms with Gasteiger partial charge in [0.2, 0.25) is 11.8 Å². The Hall–Kier alpha value is -3.57. The quantitative estimate of drug-likeness (QED) is 0.560. The minimum Gasteiger partial charge on any atom is -0.481 e. The predicted molar refractivity (Wildman–Crippen MR) is 138 cm³/mol. The lowest BCUT2D eigenvalue weighted by Crippen LogP contribution is -2.49. The zero-order chi connectivity index (χ0) is 24.6. The summed E-state index contributed by atoms with van der Waals surface area (Å²) in [6, 6.07) is 11.5. The molecular weight excluding hydrogens is 480 g/mol. The Morgan fingerprint density at radius 1 is 1.14 bits per heavy atom. The summed E-state index contributed by atoms with van der Waals surface area (Å²) >= 11 is 1.50. The SMILES string of the molecule is COc1ccc2nccc(N3CCN(C[C@@H]4CN(c5ccc6c(c5)NC(=O)CS6)C(=O)O4)CC3)c2n1. The van der Waals surface area contributed by atoms with Crippen LogP contribution >= 0.6 is 11.8 Å². The van der Waals surface area contributed by atoms with Gasteiger partial charge in [0.15, 0.2) is 0 Å². The molecule has 11 heteroatoms. The number of anilines is 3. The third-order valence-corrected chi connectivity index (χ3v) is 7.78. The molecule has 1 aromatic carbocycles. The molecule has 1 N–H and O–H groups in total. The highest BCUT2D eigenvalue weighted by Crippen LogP contribution is 2.35. The molecular formula is C25H26N6O4S. The monoisotopic (exact) mass is 506 g/mol. The molecule has 0 radical (unpaired) electrons. The number of nitrogens with zero attached hydrogens (tertiary/aromatic N) is 5. The van der Waals surface area contributed by atoms with Crippen LogP contribution in [0.15, 0.2) is 47.5 Å². The second-order valence-electron chi connectivity index (χ2n) is 8.97. The number of carbonyl (C=O) groups is 2. The first-order valence-corrected chi connectivity index (χ1v) is 12.9. The van der Waals surface area contributed by atoms with Crippen molar-refractivity contribution in [1.29, 1.82) is 0 Å². The number of piperazine rings is 1. The highest BCUT2D eigenvalue weighted by Gasteiger charge is 2.35. The number of fused-ring (bicyclic) bond motifs is 2. The van der Waals surface area contributed by atoms with Crippen molar-refractivity contribution in [3.05, 3.63) is 42.6 Å². The molecule has 2 fully saturated rings. The smallest absolute Gasteiger partial charge is 0.414 e. The zero-order valence-electron chi connectivity index (χ0n) is 19.8. The normalized spacial score (nSPS) is 20.3. The maximum Gasteiger partial charge on any atom is 0.414 e. The van der Waals surface area contributed by atoms with Gasteiger partial charge >= 0.3 is 6.09 Å². The van der Waals surface area contributed by atoms with Gasteiger partial charge in [0.1, 0.15) is 11.6 Å². The molecule has 6 rings (SSSR count). The first kappa shape index (κ1) is 22.9. The van der Waals surface area contributed by atoms with Gasteiger partial charge in [-0.25, -0.2) is 9.78 Å². The third-order valence-electron chi connectivity index (χ3n) is 6.70. The van der Waals surface area contributed by atoms with Crippen LogP contribution in [-0.4, -0.2) is 85.1 Å². The van der Waals surface area contributed by atoms with Crippen molar-refractivity contribution < 1.29 is 19.1 Å². The molecule has 3 aromatic rings. The largest absolute Gasteiger partial charge is 0.481 e. The minimum absolute atomic E-state index is 0.0275. The van der Waals surface area contributed by atoms with E-state index in [1.54, 1.807) is 12.0 Å². The van der Waals surface area contributed by atoms with Crippen molar-refractivity contribution in [2.45, 2.75) is 11.0 Å². The van der Waals surface area contributed by atoms with Gasteiger partial charge in [0.05, 0.1) is 36.3 Å². The van der Waals surface area contributed by atoms with Crippen LogP contribution in [0, 0.1) is 0 Å².